The molecule has 2 aromatic carbocycles. The van der Waals surface area contributed by atoms with Crippen molar-refractivity contribution >= 4 is 11.0 Å². The van der Waals surface area contributed by atoms with Gasteiger partial charge in [-0.05, 0) is 43.3 Å². The highest BCUT2D eigenvalue weighted by molar-refractivity contribution is 5.84. The van der Waals surface area contributed by atoms with Gasteiger partial charge in [0.15, 0.2) is 0 Å². The van der Waals surface area contributed by atoms with Gasteiger partial charge in [-0.1, -0.05) is 11.6 Å². The van der Waals surface area contributed by atoms with Crippen LogP contribution in [-0.2, 0) is 0 Å². The van der Waals surface area contributed by atoms with Crippen LogP contribution in [0, 0.1) is 12.7 Å². The molecule has 0 aliphatic carbocycles. The van der Waals surface area contributed by atoms with E-state index in [-0.39, 0.29) is 11.6 Å². The van der Waals surface area contributed by atoms with Gasteiger partial charge < -0.3 is 9.52 Å². The second-order valence-electron chi connectivity index (χ2n) is 4.31. The molecule has 0 saturated carbocycles. The summed E-state index contributed by atoms with van der Waals surface area (Å²) in [7, 11) is 0. The van der Waals surface area contributed by atoms with Gasteiger partial charge in [0.25, 0.3) is 0 Å². The maximum atomic E-state index is 13.1. The van der Waals surface area contributed by atoms with Crippen molar-refractivity contribution in [3.05, 3.63) is 53.8 Å². The molecule has 0 bridgehead atoms. The van der Waals surface area contributed by atoms with Crippen molar-refractivity contribution in [1.82, 2.24) is 0 Å². The molecule has 1 N–H and O–H groups in total. The molecule has 3 rings (SSSR count). The second kappa shape index (κ2) is 3.88. The first-order chi connectivity index (χ1) is 8.63. The highest BCUT2D eigenvalue weighted by atomic mass is 19.1. The number of phenols is 1. The minimum atomic E-state index is -0.302. The fourth-order valence-electron chi connectivity index (χ4n) is 1.99. The summed E-state index contributed by atoms with van der Waals surface area (Å²) in [6.07, 6.45) is 0. The lowest BCUT2D eigenvalue weighted by atomic mass is 10.1. The number of aryl methyl sites for hydroxylation is 1. The van der Waals surface area contributed by atoms with E-state index in [1.807, 2.05) is 19.1 Å². The molecule has 3 aromatic rings. The zero-order chi connectivity index (χ0) is 12.7. The van der Waals surface area contributed by atoms with E-state index >= 15 is 0 Å². The minimum absolute atomic E-state index is 0.153. The maximum Gasteiger partial charge on any atom is 0.139 e. The van der Waals surface area contributed by atoms with Crippen LogP contribution < -0.4 is 0 Å². The third kappa shape index (κ3) is 1.74. The maximum absolute atomic E-state index is 13.1. The van der Waals surface area contributed by atoms with Crippen LogP contribution in [0.25, 0.3) is 22.3 Å². The van der Waals surface area contributed by atoms with Crippen LogP contribution in [0.4, 0.5) is 4.39 Å². The molecule has 0 saturated heterocycles. The summed E-state index contributed by atoms with van der Waals surface area (Å²) in [6, 6.07) is 11.4. The van der Waals surface area contributed by atoms with Gasteiger partial charge in [0.05, 0.1) is 5.56 Å². The molecule has 2 nitrogen and oxygen atoms in total. The van der Waals surface area contributed by atoms with E-state index in [1.54, 1.807) is 18.2 Å². The Morgan fingerprint density at radius 1 is 1.06 bits per heavy atom. The van der Waals surface area contributed by atoms with Crippen LogP contribution in [0.5, 0.6) is 5.75 Å². The fourth-order valence-corrected chi connectivity index (χ4v) is 1.99. The number of halogens is 1. The first-order valence-corrected chi connectivity index (χ1v) is 5.62. The van der Waals surface area contributed by atoms with Gasteiger partial charge >= 0.3 is 0 Å². The summed E-state index contributed by atoms with van der Waals surface area (Å²) in [5.41, 5.74) is 2.24. The Morgan fingerprint density at radius 3 is 2.72 bits per heavy atom. The standard InChI is InChI=1S/C15H11FO2/c1-9-2-4-13(17)12(6-9)15-8-10-7-11(16)3-5-14(10)18-15/h2-8,17H,1H3. The molecular weight excluding hydrogens is 231 g/mol. The monoisotopic (exact) mass is 242 g/mol. The average molecular weight is 242 g/mol. The van der Waals surface area contributed by atoms with Gasteiger partial charge in [0.2, 0.25) is 0 Å². The van der Waals surface area contributed by atoms with Crippen LogP contribution >= 0.6 is 0 Å². The molecule has 0 atom stereocenters. The van der Waals surface area contributed by atoms with E-state index in [0.29, 0.717) is 22.3 Å². The number of furan rings is 1. The van der Waals surface area contributed by atoms with Gasteiger partial charge in [-0.15, -0.1) is 0 Å². The summed E-state index contributed by atoms with van der Waals surface area (Å²) in [6.45, 7) is 1.94. The molecule has 1 aromatic heterocycles. The Hall–Kier alpha value is -2.29. The summed E-state index contributed by atoms with van der Waals surface area (Å²) in [5.74, 6) is 0.389. The molecular formula is C15H11FO2. The van der Waals surface area contributed by atoms with Gasteiger partial charge in [-0.2, -0.15) is 0 Å². The van der Waals surface area contributed by atoms with E-state index in [2.05, 4.69) is 0 Å². The van der Waals surface area contributed by atoms with Crippen molar-refractivity contribution in [1.29, 1.82) is 0 Å². The molecule has 1 heterocycles. The van der Waals surface area contributed by atoms with E-state index in [0.717, 1.165) is 5.56 Å². The third-order valence-corrected chi connectivity index (χ3v) is 2.90. The Bertz CT molecular complexity index is 728. The van der Waals surface area contributed by atoms with Gasteiger partial charge in [-0.3, -0.25) is 0 Å². The molecule has 3 heteroatoms. The number of phenolic OH excluding ortho intramolecular Hbond substituents is 1. The summed E-state index contributed by atoms with van der Waals surface area (Å²) in [4.78, 5) is 0. The highest BCUT2D eigenvalue weighted by Crippen LogP contribution is 2.34. The zero-order valence-electron chi connectivity index (χ0n) is 9.77. The number of aromatic hydroxyl groups is 1. The normalized spacial score (nSPS) is 11.0. The largest absolute Gasteiger partial charge is 0.507 e. The van der Waals surface area contributed by atoms with Gasteiger partial charge in [0.1, 0.15) is 22.9 Å². The number of hydrogen-bond acceptors (Lipinski definition) is 2. The van der Waals surface area contributed by atoms with Crippen molar-refractivity contribution in [3.63, 3.8) is 0 Å². The predicted molar refractivity (Wildman–Crippen MR) is 68.0 cm³/mol. The number of benzene rings is 2. The molecule has 0 aliphatic heterocycles. The lowest BCUT2D eigenvalue weighted by Crippen LogP contribution is -1.78. The molecule has 0 unspecified atom stereocenters. The van der Waals surface area contributed by atoms with E-state index in [9.17, 15) is 9.50 Å². The van der Waals surface area contributed by atoms with Crippen molar-refractivity contribution in [2.75, 3.05) is 0 Å². The smallest absolute Gasteiger partial charge is 0.139 e. The van der Waals surface area contributed by atoms with E-state index < -0.39 is 0 Å². The summed E-state index contributed by atoms with van der Waals surface area (Å²) >= 11 is 0. The summed E-state index contributed by atoms with van der Waals surface area (Å²) < 4.78 is 18.7. The number of fused-ring (bicyclic) bond motifs is 1. The Kier molecular flexibility index (Phi) is 2.33. The van der Waals surface area contributed by atoms with Crippen LogP contribution in [0.1, 0.15) is 5.56 Å². The molecule has 0 spiro atoms. The molecule has 0 amide bonds. The molecule has 0 radical (unpaired) electrons. The molecule has 90 valence electrons. The van der Waals surface area contributed by atoms with Crippen LogP contribution in [0.3, 0.4) is 0 Å². The second-order valence-corrected chi connectivity index (χ2v) is 4.31. The van der Waals surface area contributed by atoms with E-state index in [1.165, 1.54) is 12.1 Å². The number of hydrogen-bond donors (Lipinski definition) is 1. The Morgan fingerprint density at radius 2 is 1.89 bits per heavy atom. The quantitative estimate of drug-likeness (QED) is 0.691. The highest BCUT2D eigenvalue weighted by Gasteiger charge is 2.10. The minimum Gasteiger partial charge on any atom is -0.507 e. The Balaban J connectivity index is 2.22. The van der Waals surface area contributed by atoms with Crippen molar-refractivity contribution in [2.45, 2.75) is 6.92 Å². The van der Waals surface area contributed by atoms with E-state index in [4.69, 9.17) is 4.42 Å². The lowest BCUT2D eigenvalue weighted by Gasteiger charge is -2.01. The SMILES string of the molecule is Cc1ccc(O)c(-c2cc3cc(F)ccc3o2)c1. The first-order valence-electron chi connectivity index (χ1n) is 5.62. The van der Waals surface area contributed by atoms with Gasteiger partial charge in [0, 0.05) is 5.39 Å². The Labute approximate surface area is 103 Å². The van der Waals surface area contributed by atoms with Crippen LogP contribution in [0.2, 0.25) is 0 Å². The van der Waals surface area contributed by atoms with Crippen molar-refractivity contribution in [2.24, 2.45) is 0 Å². The lowest BCUT2D eigenvalue weighted by molar-refractivity contribution is 0.474. The molecule has 18 heavy (non-hydrogen) atoms. The first kappa shape index (κ1) is 10.8. The third-order valence-electron chi connectivity index (χ3n) is 2.90. The summed E-state index contributed by atoms with van der Waals surface area (Å²) in [5, 5.41) is 10.5. The van der Waals surface area contributed by atoms with Gasteiger partial charge in [-0.25, -0.2) is 4.39 Å². The fraction of sp³-hybridized carbons (Fsp3) is 0.0667. The van der Waals surface area contributed by atoms with Crippen LogP contribution in [0.15, 0.2) is 46.9 Å². The average Bonchev–Trinajstić information content (AvgIpc) is 2.74. The van der Waals surface area contributed by atoms with Crippen molar-refractivity contribution in [3.8, 4) is 17.1 Å². The topological polar surface area (TPSA) is 33.4 Å². The molecule has 0 aliphatic rings. The van der Waals surface area contributed by atoms with Crippen molar-refractivity contribution < 1.29 is 13.9 Å². The number of rotatable bonds is 1. The van der Waals surface area contributed by atoms with Crippen LogP contribution in [-0.4, -0.2) is 5.11 Å². The zero-order valence-corrected chi connectivity index (χ0v) is 9.77. The molecule has 0 fully saturated rings. The predicted octanol–water partition coefficient (Wildman–Crippen LogP) is 4.25.